The molecule has 4 aromatic rings. The lowest BCUT2D eigenvalue weighted by molar-refractivity contribution is -0.689. The van der Waals surface area contributed by atoms with Crippen molar-refractivity contribution in [1.82, 2.24) is 15.2 Å². The summed E-state index contributed by atoms with van der Waals surface area (Å²) >= 11 is 2.46. The zero-order chi connectivity index (χ0) is 35.9. The number of ether oxygens (including phenoxy) is 1. The summed E-state index contributed by atoms with van der Waals surface area (Å²) in [6.07, 6.45) is 3.75. The molecular formula is C36H33N6O7S2+. The van der Waals surface area contributed by atoms with Gasteiger partial charge in [0.05, 0.1) is 0 Å². The van der Waals surface area contributed by atoms with E-state index < -0.39 is 40.8 Å². The number of nitrogen functional groups attached to an aromatic ring is 1. The Balaban J connectivity index is 1.14. The standard InChI is InChI=1S/C36H32N6O7S2/c1-36(2,34(46)47)49-40-27(26-19-51-35(37)38-26)30(43)39-28-31(44)42-29(20(18-50-32(28)42)16-41-14-8-3-9-15-41)33(45)48-17-25-23-12-6-4-10-21(23)22-11-5-7-13-24(22)25/h3-15,19,25,28,32H,16-18H2,1-2H3,(H3-,37,38,39,43,46,47)/p+1/b40-27-/t28-,32-/m1/s1. The Kier molecular flexibility index (Phi) is 9.08. The lowest BCUT2D eigenvalue weighted by Gasteiger charge is -2.49. The van der Waals surface area contributed by atoms with Crippen molar-refractivity contribution in [2.75, 3.05) is 18.1 Å². The summed E-state index contributed by atoms with van der Waals surface area (Å²) in [6.45, 7) is 2.97. The van der Waals surface area contributed by atoms with Gasteiger partial charge in [-0.15, -0.1) is 23.1 Å². The number of aromatic nitrogens is 2. The molecule has 1 saturated heterocycles. The topological polar surface area (TPSA) is 177 Å². The van der Waals surface area contributed by atoms with Crippen molar-refractivity contribution in [2.45, 2.75) is 43.3 Å². The van der Waals surface area contributed by atoms with E-state index in [0.717, 1.165) is 33.6 Å². The van der Waals surface area contributed by atoms with Gasteiger partial charge in [0.1, 0.15) is 29.4 Å². The number of pyridine rings is 1. The summed E-state index contributed by atoms with van der Waals surface area (Å²) in [6, 6.07) is 20.7. The molecule has 2 aromatic heterocycles. The second-order valence-electron chi connectivity index (χ2n) is 12.6. The number of hydrogen-bond donors (Lipinski definition) is 3. The fourth-order valence-electron chi connectivity index (χ4n) is 6.23. The molecule has 0 unspecified atom stereocenters. The highest BCUT2D eigenvalue weighted by molar-refractivity contribution is 8.00. The Morgan fingerprint density at radius 3 is 2.35 bits per heavy atom. The van der Waals surface area contributed by atoms with Gasteiger partial charge in [0.25, 0.3) is 11.8 Å². The molecule has 2 aromatic carbocycles. The average Bonchev–Trinajstić information content (AvgIpc) is 3.70. The van der Waals surface area contributed by atoms with Gasteiger partial charge in [-0.1, -0.05) is 59.8 Å². The maximum Gasteiger partial charge on any atom is 0.355 e. The molecule has 7 rings (SSSR count). The number of benzene rings is 2. The first kappa shape index (κ1) is 33.9. The Hall–Kier alpha value is -5.54. The van der Waals surface area contributed by atoms with E-state index in [9.17, 15) is 24.3 Å². The molecule has 51 heavy (non-hydrogen) atoms. The molecule has 2 aliphatic heterocycles. The highest BCUT2D eigenvalue weighted by atomic mass is 32.2. The maximum absolute atomic E-state index is 14.1. The van der Waals surface area contributed by atoms with Crippen LogP contribution >= 0.6 is 23.1 Å². The van der Waals surface area contributed by atoms with Crippen molar-refractivity contribution in [2.24, 2.45) is 5.16 Å². The monoisotopic (exact) mass is 725 g/mol. The largest absolute Gasteiger partial charge is 0.478 e. The second kappa shape index (κ2) is 13.6. The molecule has 0 saturated carbocycles. The van der Waals surface area contributed by atoms with Crippen molar-refractivity contribution in [1.29, 1.82) is 0 Å². The fourth-order valence-corrected chi connectivity index (χ4v) is 8.11. The molecule has 260 valence electrons. The van der Waals surface area contributed by atoms with Crippen LogP contribution in [0.1, 0.15) is 36.6 Å². The highest BCUT2D eigenvalue weighted by Crippen LogP contribution is 2.45. The van der Waals surface area contributed by atoms with Crippen molar-refractivity contribution in [3.8, 4) is 11.1 Å². The van der Waals surface area contributed by atoms with E-state index >= 15 is 0 Å². The Morgan fingerprint density at radius 1 is 1.06 bits per heavy atom. The van der Waals surface area contributed by atoms with Gasteiger partial charge in [-0.3, -0.25) is 14.5 Å². The predicted molar refractivity (Wildman–Crippen MR) is 189 cm³/mol. The molecule has 2 amide bonds. The average molecular weight is 726 g/mol. The van der Waals surface area contributed by atoms with Crippen LogP contribution in [-0.4, -0.2) is 73.8 Å². The lowest BCUT2D eigenvalue weighted by Crippen LogP contribution is -2.71. The predicted octanol–water partition coefficient (Wildman–Crippen LogP) is 3.31. The van der Waals surface area contributed by atoms with Crippen molar-refractivity contribution in [3.63, 3.8) is 0 Å². The number of hydrogen-bond acceptors (Lipinski definition) is 11. The van der Waals surface area contributed by atoms with Crippen LogP contribution in [0, 0.1) is 0 Å². The third-order valence-corrected chi connectivity index (χ3v) is 10.9. The number of carbonyl (C=O) groups excluding carboxylic acids is 3. The molecular weight excluding hydrogens is 693 g/mol. The number of nitrogens with two attached hydrogens (primary N) is 1. The van der Waals surface area contributed by atoms with Crippen LogP contribution in [0.25, 0.3) is 11.1 Å². The molecule has 0 bridgehead atoms. The highest BCUT2D eigenvalue weighted by Gasteiger charge is 2.55. The lowest BCUT2D eigenvalue weighted by atomic mass is 9.98. The maximum atomic E-state index is 14.1. The molecule has 2 atom stereocenters. The number of carboxylic acid groups (broad SMARTS) is 1. The SMILES string of the molecule is CC(C)(O/N=C(\C(=O)N[C@@H]1C(=O)N2C(C(=O)OCC3c4ccccc4-c4ccccc43)=C(C[n+]3ccccc3)CS[C@H]12)c1csc(N)n1)C(=O)O. The summed E-state index contributed by atoms with van der Waals surface area (Å²) in [7, 11) is 0. The zero-order valence-corrected chi connectivity index (χ0v) is 29.1. The first-order chi connectivity index (χ1) is 24.5. The van der Waals surface area contributed by atoms with Gasteiger partial charge in [0.15, 0.2) is 29.8 Å². The molecule has 3 aliphatic rings. The van der Waals surface area contributed by atoms with E-state index in [1.54, 1.807) is 0 Å². The number of carbonyl (C=O) groups is 4. The zero-order valence-electron chi connectivity index (χ0n) is 27.5. The quantitative estimate of drug-likeness (QED) is 0.0684. The number of esters is 1. The van der Waals surface area contributed by atoms with Crippen molar-refractivity contribution < 1.29 is 38.4 Å². The van der Waals surface area contributed by atoms with Gasteiger partial charge in [0, 0.05) is 34.8 Å². The van der Waals surface area contributed by atoms with Gasteiger partial charge in [0.2, 0.25) is 5.60 Å². The number of thioether (sulfide) groups is 1. The van der Waals surface area contributed by atoms with Gasteiger partial charge in [-0.25, -0.2) is 19.1 Å². The summed E-state index contributed by atoms with van der Waals surface area (Å²) in [5, 5.41) is 17.0. The minimum Gasteiger partial charge on any atom is -0.478 e. The first-order valence-electron chi connectivity index (χ1n) is 16.0. The third kappa shape index (κ3) is 6.45. The van der Waals surface area contributed by atoms with Crippen molar-refractivity contribution >= 4 is 57.7 Å². The summed E-state index contributed by atoms with van der Waals surface area (Å²) in [5.74, 6) is -3.05. The minimum absolute atomic E-state index is 0.0532. The fraction of sp³-hybridized carbons (Fsp3) is 0.250. The van der Waals surface area contributed by atoms with Crippen LogP contribution in [0.3, 0.4) is 0 Å². The second-order valence-corrected chi connectivity index (χ2v) is 14.6. The molecule has 1 aliphatic carbocycles. The number of thiazole rings is 1. The van der Waals surface area contributed by atoms with Crippen LogP contribution in [-0.2, 0) is 35.3 Å². The molecule has 1 fully saturated rings. The molecule has 15 heteroatoms. The molecule has 4 N–H and O–H groups in total. The number of amides is 2. The number of nitrogens with zero attached hydrogens (tertiary/aromatic N) is 4. The number of carboxylic acids is 1. The van der Waals surface area contributed by atoms with Gasteiger partial charge in [-0.2, -0.15) is 0 Å². The Morgan fingerprint density at radius 2 is 1.73 bits per heavy atom. The van der Waals surface area contributed by atoms with Gasteiger partial charge < -0.3 is 25.7 Å². The van der Waals surface area contributed by atoms with E-state index in [1.165, 1.54) is 35.9 Å². The normalized spacial score (nSPS) is 18.4. The molecule has 0 radical (unpaired) electrons. The third-order valence-electron chi connectivity index (χ3n) is 8.88. The van der Waals surface area contributed by atoms with Gasteiger partial charge in [-0.05, 0) is 36.1 Å². The number of anilines is 1. The number of fused-ring (bicyclic) bond motifs is 4. The molecule has 13 nitrogen and oxygen atoms in total. The van der Waals surface area contributed by atoms with Crippen molar-refractivity contribution in [3.05, 3.63) is 113 Å². The van der Waals surface area contributed by atoms with E-state index in [-0.39, 0.29) is 34.8 Å². The van der Waals surface area contributed by atoms with Crippen LogP contribution in [0.15, 0.2) is 101 Å². The Bertz CT molecular complexity index is 2070. The first-order valence-corrected chi connectivity index (χ1v) is 17.9. The summed E-state index contributed by atoms with van der Waals surface area (Å²) in [5.41, 5.74) is 8.91. The van der Waals surface area contributed by atoms with Crippen LogP contribution in [0.5, 0.6) is 0 Å². The number of aliphatic carboxylic acids is 1. The number of rotatable bonds is 11. The van der Waals surface area contributed by atoms with E-state index in [2.05, 4.69) is 27.6 Å². The van der Waals surface area contributed by atoms with E-state index in [0.29, 0.717) is 17.9 Å². The smallest absolute Gasteiger partial charge is 0.355 e. The number of nitrogens with one attached hydrogen (secondary N) is 1. The van der Waals surface area contributed by atoms with Gasteiger partial charge >= 0.3 is 11.9 Å². The number of β-lactam (4-membered cyclic amide) rings is 1. The van der Waals surface area contributed by atoms with E-state index in [4.69, 9.17) is 15.3 Å². The van der Waals surface area contributed by atoms with Crippen LogP contribution in [0.2, 0.25) is 0 Å². The van der Waals surface area contributed by atoms with Crippen LogP contribution < -0.4 is 15.6 Å². The number of oxime groups is 1. The molecule has 4 heterocycles. The Labute approximate surface area is 300 Å². The minimum atomic E-state index is -1.76. The summed E-state index contributed by atoms with van der Waals surface area (Å²) < 4.78 is 7.96. The molecule has 0 spiro atoms. The van der Waals surface area contributed by atoms with Crippen LogP contribution in [0.4, 0.5) is 5.13 Å². The van der Waals surface area contributed by atoms with E-state index in [1.807, 2.05) is 71.6 Å². The summed E-state index contributed by atoms with van der Waals surface area (Å²) in [4.78, 5) is 63.9.